The van der Waals surface area contributed by atoms with Crippen LogP contribution in [0, 0.1) is 11.3 Å². The minimum atomic E-state index is -0.948. The molecule has 2 rings (SSSR count). The number of carboxylic acids is 1. The lowest BCUT2D eigenvalue weighted by Gasteiger charge is -2.32. The van der Waals surface area contributed by atoms with Crippen molar-refractivity contribution in [3.63, 3.8) is 0 Å². The van der Waals surface area contributed by atoms with Crippen LogP contribution in [-0.4, -0.2) is 11.1 Å². The van der Waals surface area contributed by atoms with Gasteiger partial charge in [-0.25, -0.2) is 0 Å². The molecule has 1 fully saturated rings. The summed E-state index contributed by atoms with van der Waals surface area (Å²) >= 11 is 6.16. The van der Waals surface area contributed by atoms with Gasteiger partial charge in [0.25, 0.3) is 0 Å². The van der Waals surface area contributed by atoms with Crippen molar-refractivity contribution in [1.29, 1.82) is 5.26 Å². The largest absolute Gasteiger partial charge is 0.481 e. The fourth-order valence-corrected chi connectivity index (χ4v) is 3.27. The molecule has 5 heteroatoms. The van der Waals surface area contributed by atoms with Crippen LogP contribution in [0.25, 0.3) is 0 Å². The highest BCUT2D eigenvalue weighted by Gasteiger charge is 2.34. The van der Waals surface area contributed by atoms with Crippen LogP contribution in [0.4, 0.5) is 0 Å². The third-order valence-corrected chi connectivity index (χ3v) is 4.43. The van der Waals surface area contributed by atoms with Crippen LogP contribution in [-0.2, 0) is 10.2 Å². The average Bonchev–Trinajstić information content (AvgIpc) is 2.46. The molecule has 1 aliphatic carbocycles. The van der Waals surface area contributed by atoms with Crippen molar-refractivity contribution >= 4 is 17.6 Å². The lowest BCUT2D eigenvalue weighted by molar-refractivity contribution is -0.137. The zero-order chi connectivity index (χ0) is 15.5. The van der Waals surface area contributed by atoms with Crippen molar-refractivity contribution in [1.82, 2.24) is 0 Å². The van der Waals surface area contributed by atoms with Crippen molar-refractivity contribution in [2.75, 3.05) is 0 Å². The molecule has 1 aromatic rings. The summed E-state index contributed by atoms with van der Waals surface area (Å²) in [6.07, 6.45) is 4.68. The molecule has 0 unspecified atom stereocenters. The van der Waals surface area contributed by atoms with E-state index in [0.717, 1.165) is 37.7 Å². The lowest BCUT2D eigenvalue weighted by Crippen LogP contribution is -2.27. The van der Waals surface area contributed by atoms with Crippen LogP contribution in [0.5, 0.6) is 0 Å². The number of carbonyl (C=O) groups is 1. The average molecular weight is 307 g/mol. The maximum atomic E-state index is 10.8. The Balaban J connectivity index is 2.38. The summed E-state index contributed by atoms with van der Waals surface area (Å²) in [6.45, 7) is 0. The Morgan fingerprint density at radius 2 is 2.05 bits per heavy atom. The molecule has 0 bridgehead atoms. The van der Waals surface area contributed by atoms with E-state index in [-0.39, 0.29) is 6.42 Å². The monoisotopic (exact) mass is 306 g/mol. The van der Waals surface area contributed by atoms with Crippen LogP contribution in [0.3, 0.4) is 0 Å². The van der Waals surface area contributed by atoms with E-state index in [0.29, 0.717) is 10.6 Å². The SMILES string of the molecule is N#CC1(c2cc(Cl)cc([C@@H](N)CC(=O)O)c2)CCCCC1. The molecule has 1 atom stereocenters. The fraction of sp³-hybridized carbons (Fsp3) is 0.500. The Kier molecular flexibility index (Phi) is 4.87. The van der Waals surface area contributed by atoms with Gasteiger partial charge in [0.15, 0.2) is 0 Å². The molecule has 112 valence electrons. The van der Waals surface area contributed by atoms with Crippen LogP contribution in [0.15, 0.2) is 18.2 Å². The van der Waals surface area contributed by atoms with Crippen LogP contribution in [0.2, 0.25) is 5.02 Å². The molecule has 21 heavy (non-hydrogen) atoms. The molecular weight excluding hydrogens is 288 g/mol. The van der Waals surface area contributed by atoms with E-state index in [2.05, 4.69) is 6.07 Å². The van der Waals surface area contributed by atoms with Crippen molar-refractivity contribution in [2.24, 2.45) is 5.73 Å². The van der Waals surface area contributed by atoms with E-state index in [1.54, 1.807) is 6.07 Å². The number of benzene rings is 1. The Labute approximate surface area is 129 Å². The van der Waals surface area contributed by atoms with Crippen molar-refractivity contribution < 1.29 is 9.90 Å². The molecule has 0 radical (unpaired) electrons. The number of rotatable bonds is 4. The van der Waals surface area contributed by atoms with E-state index in [4.69, 9.17) is 22.4 Å². The third kappa shape index (κ3) is 3.55. The Hall–Kier alpha value is -1.57. The molecule has 0 spiro atoms. The topological polar surface area (TPSA) is 87.1 Å². The first-order valence-electron chi connectivity index (χ1n) is 7.16. The maximum Gasteiger partial charge on any atom is 0.305 e. The van der Waals surface area contributed by atoms with Crippen molar-refractivity contribution in [3.8, 4) is 6.07 Å². The number of aliphatic carboxylic acids is 1. The van der Waals surface area contributed by atoms with Crippen molar-refractivity contribution in [3.05, 3.63) is 34.3 Å². The Bertz CT molecular complexity index is 574. The van der Waals surface area contributed by atoms with Gasteiger partial charge in [-0.3, -0.25) is 4.79 Å². The molecule has 0 amide bonds. The van der Waals surface area contributed by atoms with E-state index in [9.17, 15) is 10.1 Å². The molecular formula is C16H19ClN2O2. The van der Waals surface area contributed by atoms with Gasteiger partial charge in [0.1, 0.15) is 0 Å². The summed E-state index contributed by atoms with van der Waals surface area (Å²) in [5.41, 5.74) is 6.96. The lowest BCUT2D eigenvalue weighted by atomic mass is 9.70. The Morgan fingerprint density at radius 1 is 1.38 bits per heavy atom. The van der Waals surface area contributed by atoms with Gasteiger partial charge in [-0.15, -0.1) is 0 Å². The van der Waals surface area contributed by atoms with Crippen LogP contribution < -0.4 is 5.73 Å². The molecule has 1 aromatic carbocycles. The molecule has 1 saturated carbocycles. The molecule has 0 heterocycles. The summed E-state index contributed by atoms with van der Waals surface area (Å²) in [6, 6.07) is 7.20. The number of nitrogens with zero attached hydrogens (tertiary/aromatic N) is 1. The standard InChI is InChI=1S/C16H19ClN2O2/c17-13-7-11(14(19)9-15(20)21)6-12(8-13)16(10-18)4-2-1-3-5-16/h6-8,14H,1-5,9,19H2,(H,20,21)/t14-/m0/s1. The first kappa shape index (κ1) is 15.8. The zero-order valence-electron chi connectivity index (χ0n) is 11.8. The molecule has 4 nitrogen and oxygen atoms in total. The van der Waals surface area contributed by atoms with E-state index in [1.165, 1.54) is 0 Å². The van der Waals surface area contributed by atoms with Gasteiger partial charge in [-0.1, -0.05) is 36.9 Å². The number of hydrogen-bond donors (Lipinski definition) is 2. The van der Waals surface area contributed by atoms with Gasteiger partial charge in [0.2, 0.25) is 0 Å². The summed E-state index contributed by atoms with van der Waals surface area (Å²) < 4.78 is 0. The van der Waals surface area contributed by atoms with Crippen LogP contribution in [0.1, 0.15) is 55.7 Å². The molecule has 0 aliphatic heterocycles. The van der Waals surface area contributed by atoms with Gasteiger partial charge in [0.05, 0.1) is 17.9 Å². The smallest absolute Gasteiger partial charge is 0.305 e. The number of carboxylic acid groups (broad SMARTS) is 1. The highest BCUT2D eigenvalue weighted by Crippen LogP contribution is 2.40. The normalized spacial score (nSPS) is 18.7. The third-order valence-electron chi connectivity index (χ3n) is 4.22. The predicted molar refractivity (Wildman–Crippen MR) is 81.0 cm³/mol. The minimum absolute atomic E-state index is 0.153. The van der Waals surface area contributed by atoms with Gasteiger partial charge in [-0.05, 0) is 36.1 Å². The fourth-order valence-electron chi connectivity index (χ4n) is 3.03. The van der Waals surface area contributed by atoms with Crippen LogP contribution >= 0.6 is 11.6 Å². The minimum Gasteiger partial charge on any atom is -0.481 e. The summed E-state index contributed by atoms with van der Waals surface area (Å²) in [7, 11) is 0. The van der Waals surface area contributed by atoms with Gasteiger partial charge in [0, 0.05) is 11.1 Å². The summed E-state index contributed by atoms with van der Waals surface area (Å²) in [5.74, 6) is -0.948. The first-order chi connectivity index (χ1) is 9.97. The van der Waals surface area contributed by atoms with Gasteiger partial charge >= 0.3 is 5.97 Å². The number of hydrogen-bond acceptors (Lipinski definition) is 3. The number of halogens is 1. The second-order valence-electron chi connectivity index (χ2n) is 5.73. The number of nitrogens with two attached hydrogens (primary N) is 1. The Morgan fingerprint density at radius 3 is 2.62 bits per heavy atom. The molecule has 0 saturated heterocycles. The van der Waals surface area contributed by atoms with Gasteiger partial charge < -0.3 is 10.8 Å². The highest BCUT2D eigenvalue weighted by atomic mass is 35.5. The number of nitriles is 1. The highest BCUT2D eigenvalue weighted by molar-refractivity contribution is 6.30. The van der Waals surface area contributed by atoms with E-state index >= 15 is 0 Å². The first-order valence-corrected chi connectivity index (χ1v) is 7.54. The second-order valence-corrected chi connectivity index (χ2v) is 6.17. The van der Waals surface area contributed by atoms with E-state index < -0.39 is 17.4 Å². The molecule has 0 aromatic heterocycles. The predicted octanol–water partition coefficient (Wildman–Crippen LogP) is 3.54. The summed E-state index contributed by atoms with van der Waals surface area (Å²) in [5, 5.41) is 19.0. The quantitative estimate of drug-likeness (QED) is 0.890. The van der Waals surface area contributed by atoms with E-state index in [1.807, 2.05) is 12.1 Å². The summed E-state index contributed by atoms with van der Waals surface area (Å²) in [4.78, 5) is 10.8. The van der Waals surface area contributed by atoms with Crippen molar-refractivity contribution in [2.45, 2.75) is 50.0 Å². The maximum absolute atomic E-state index is 10.8. The molecule has 1 aliphatic rings. The zero-order valence-corrected chi connectivity index (χ0v) is 12.6. The van der Waals surface area contributed by atoms with Gasteiger partial charge in [-0.2, -0.15) is 5.26 Å². The second kappa shape index (κ2) is 6.46. The molecule has 3 N–H and O–H groups in total.